The van der Waals surface area contributed by atoms with Crippen LogP contribution in [0, 0.1) is 0 Å². The van der Waals surface area contributed by atoms with Crippen molar-refractivity contribution in [3.8, 4) is 0 Å². The van der Waals surface area contributed by atoms with Gasteiger partial charge in [-0.3, -0.25) is 0 Å². The number of benzene rings is 1. The van der Waals surface area contributed by atoms with Crippen molar-refractivity contribution >= 4 is 9.84 Å². The van der Waals surface area contributed by atoms with Crippen LogP contribution in [-0.2, 0) is 21.7 Å². The minimum Gasteiger partial charge on any atom is -0.330 e. The van der Waals surface area contributed by atoms with Gasteiger partial charge in [-0.25, -0.2) is 8.42 Å². The maximum Gasteiger partial charge on any atom is 0.147 e. The monoisotopic (exact) mass is 267 g/mol. The molecule has 0 aliphatic heterocycles. The molecule has 0 spiro atoms. The van der Waals surface area contributed by atoms with E-state index in [0.717, 1.165) is 19.3 Å². The molecule has 4 heteroatoms. The van der Waals surface area contributed by atoms with Crippen LogP contribution in [0.5, 0.6) is 0 Å². The first-order valence-electron chi connectivity index (χ1n) is 6.43. The molecule has 2 rings (SSSR count). The number of nitrogens with two attached hydrogens (primary N) is 1. The molecule has 0 fully saturated rings. The van der Waals surface area contributed by atoms with Crippen molar-refractivity contribution < 1.29 is 8.42 Å². The fraction of sp³-hybridized carbons (Fsp3) is 0.571. The van der Waals surface area contributed by atoms with Gasteiger partial charge in [0.25, 0.3) is 0 Å². The third-order valence-electron chi connectivity index (χ3n) is 4.02. The number of sulfone groups is 1. The highest BCUT2D eigenvalue weighted by molar-refractivity contribution is 7.90. The first-order chi connectivity index (χ1) is 8.47. The molecule has 3 nitrogen and oxygen atoms in total. The van der Waals surface area contributed by atoms with E-state index in [9.17, 15) is 8.42 Å². The first-order valence-corrected chi connectivity index (χ1v) is 8.49. The van der Waals surface area contributed by atoms with Gasteiger partial charge in [0.15, 0.2) is 0 Å². The van der Waals surface area contributed by atoms with Crippen LogP contribution in [0.15, 0.2) is 24.3 Å². The Morgan fingerprint density at radius 3 is 2.72 bits per heavy atom. The molecule has 0 saturated heterocycles. The van der Waals surface area contributed by atoms with Gasteiger partial charge in [0.2, 0.25) is 0 Å². The van der Waals surface area contributed by atoms with Crippen LogP contribution in [0.3, 0.4) is 0 Å². The standard InChI is InChI=1S/C14H21NO2S/c1-18(16,17)10-4-8-14(11-15)9-7-12-5-2-3-6-13(12)14/h2-3,5-6H,4,7-11,15H2,1H3. The Morgan fingerprint density at radius 2 is 2.06 bits per heavy atom. The van der Waals surface area contributed by atoms with E-state index >= 15 is 0 Å². The summed E-state index contributed by atoms with van der Waals surface area (Å²) in [5, 5.41) is 0. The molecule has 0 heterocycles. The van der Waals surface area contributed by atoms with Crippen molar-refractivity contribution in [2.45, 2.75) is 31.1 Å². The van der Waals surface area contributed by atoms with Gasteiger partial charge in [-0.2, -0.15) is 0 Å². The van der Waals surface area contributed by atoms with E-state index in [1.807, 2.05) is 6.07 Å². The van der Waals surface area contributed by atoms with Gasteiger partial charge in [0.1, 0.15) is 9.84 Å². The van der Waals surface area contributed by atoms with Gasteiger partial charge >= 0.3 is 0 Å². The smallest absolute Gasteiger partial charge is 0.147 e. The van der Waals surface area contributed by atoms with Gasteiger partial charge in [-0.15, -0.1) is 0 Å². The molecule has 100 valence electrons. The maximum absolute atomic E-state index is 11.2. The summed E-state index contributed by atoms with van der Waals surface area (Å²) in [6.07, 6.45) is 4.97. The highest BCUT2D eigenvalue weighted by atomic mass is 32.2. The maximum atomic E-state index is 11.2. The third-order valence-corrected chi connectivity index (χ3v) is 5.05. The zero-order chi connectivity index (χ0) is 13.2. The lowest BCUT2D eigenvalue weighted by Gasteiger charge is -2.29. The van der Waals surface area contributed by atoms with E-state index in [1.165, 1.54) is 17.4 Å². The molecular weight excluding hydrogens is 246 g/mol. The normalized spacial score (nSPS) is 23.0. The van der Waals surface area contributed by atoms with E-state index in [2.05, 4.69) is 18.2 Å². The highest BCUT2D eigenvalue weighted by Gasteiger charge is 2.36. The Bertz CT molecular complexity index is 524. The molecule has 0 radical (unpaired) electrons. The third kappa shape index (κ3) is 2.75. The molecule has 1 atom stereocenters. The summed E-state index contributed by atoms with van der Waals surface area (Å²) >= 11 is 0. The van der Waals surface area contributed by atoms with Crippen molar-refractivity contribution in [3.05, 3.63) is 35.4 Å². The number of aryl methyl sites for hydroxylation is 1. The molecule has 1 aliphatic carbocycles. The van der Waals surface area contributed by atoms with Crippen molar-refractivity contribution in [3.63, 3.8) is 0 Å². The second kappa shape index (κ2) is 5.02. The lowest BCUT2D eigenvalue weighted by molar-refractivity contribution is 0.397. The average molecular weight is 267 g/mol. The van der Waals surface area contributed by atoms with Gasteiger partial charge in [0, 0.05) is 24.0 Å². The minimum atomic E-state index is -2.87. The van der Waals surface area contributed by atoms with Crippen molar-refractivity contribution in [1.29, 1.82) is 0 Å². The van der Waals surface area contributed by atoms with E-state index in [-0.39, 0.29) is 11.2 Å². The van der Waals surface area contributed by atoms with Crippen LogP contribution in [-0.4, -0.2) is 27.0 Å². The Kier molecular flexibility index (Phi) is 3.78. The zero-order valence-electron chi connectivity index (χ0n) is 10.9. The Hall–Kier alpha value is -0.870. The van der Waals surface area contributed by atoms with E-state index in [0.29, 0.717) is 13.0 Å². The Labute approximate surface area is 109 Å². The Morgan fingerprint density at radius 1 is 1.33 bits per heavy atom. The molecule has 0 aromatic heterocycles. The number of hydrogen-bond acceptors (Lipinski definition) is 3. The van der Waals surface area contributed by atoms with Crippen molar-refractivity contribution in [1.82, 2.24) is 0 Å². The molecule has 2 N–H and O–H groups in total. The lowest BCUT2D eigenvalue weighted by Crippen LogP contribution is -2.33. The predicted molar refractivity (Wildman–Crippen MR) is 74.4 cm³/mol. The molecule has 0 bridgehead atoms. The van der Waals surface area contributed by atoms with E-state index in [1.54, 1.807) is 0 Å². The van der Waals surface area contributed by atoms with Crippen LogP contribution in [0.4, 0.5) is 0 Å². The molecule has 1 aliphatic rings. The van der Waals surface area contributed by atoms with Gasteiger partial charge < -0.3 is 5.73 Å². The van der Waals surface area contributed by atoms with Gasteiger partial charge in [-0.1, -0.05) is 24.3 Å². The first kappa shape index (κ1) is 13.6. The topological polar surface area (TPSA) is 60.2 Å². The second-order valence-corrected chi connectivity index (χ2v) is 7.63. The summed E-state index contributed by atoms with van der Waals surface area (Å²) in [5.74, 6) is 0.261. The van der Waals surface area contributed by atoms with Crippen LogP contribution in [0.25, 0.3) is 0 Å². The van der Waals surface area contributed by atoms with Crippen LogP contribution in [0.2, 0.25) is 0 Å². The van der Waals surface area contributed by atoms with Crippen molar-refractivity contribution in [2.75, 3.05) is 18.6 Å². The van der Waals surface area contributed by atoms with Crippen LogP contribution in [0.1, 0.15) is 30.4 Å². The number of rotatable bonds is 5. The Balaban J connectivity index is 2.14. The van der Waals surface area contributed by atoms with Gasteiger partial charge in [0.05, 0.1) is 0 Å². The van der Waals surface area contributed by atoms with Crippen LogP contribution < -0.4 is 5.73 Å². The summed E-state index contributed by atoms with van der Waals surface area (Å²) in [5.41, 5.74) is 8.70. The van der Waals surface area contributed by atoms with E-state index in [4.69, 9.17) is 5.73 Å². The summed E-state index contributed by atoms with van der Waals surface area (Å²) in [7, 11) is -2.87. The molecule has 1 unspecified atom stereocenters. The van der Waals surface area contributed by atoms with E-state index < -0.39 is 9.84 Å². The molecule has 18 heavy (non-hydrogen) atoms. The average Bonchev–Trinajstić information content (AvgIpc) is 2.68. The molecule has 0 amide bonds. The fourth-order valence-corrected chi connectivity index (χ4v) is 3.68. The molecule has 1 aromatic rings. The fourth-order valence-electron chi connectivity index (χ4n) is 3.01. The zero-order valence-corrected chi connectivity index (χ0v) is 11.7. The number of hydrogen-bond donors (Lipinski definition) is 1. The summed E-state index contributed by atoms with van der Waals surface area (Å²) in [4.78, 5) is 0. The van der Waals surface area contributed by atoms with Crippen molar-refractivity contribution in [2.24, 2.45) is 5.73 Å². The minimum absolute atomic E-state index is 0.00127. The highest BCUT2D eigenvalue weighted by Crippen LogP contribution is 2.41. The summed E-state index contributed by atoms with van der Waals surface area (Å²) in [6, 6.07) is 8.41. The second-order valence-electron chi connectivity index (χ2n) is 5.38. The quantitative estimate of drug-likeness (QED) is 0.882. The molecular formula is C14H21NO2S. The lowest BCUT2D eigenvalue weighted by atomic mass is 9.78. The largest absolute Gasteiger partial charge is 0.330 e. The SMILES string of the molecule is CS(=O)(=O)CCCC1(CN)CCc2ccccc21. The molecule has 0 saturated carbocycles. The van der Waals surface area contributed by atoms with Gasteiger partial charge in [-0.05, 0) is 36.8 Å². The number of fused-ring (bicyclic) bond motifs is 1. The summed E-state index contributed by atoms with van der Waals surface area (Å²) < 4.78 is 22.4. The summed E-state index contributed by atoms with van der Waals surface area (Å²) in [6.45, 7) is 0.605. The predicted octanol–water partition coefficient (Wildman–Crippen LogP) is 1.65. The van der Waals surface area contributed by atoms with Crippen LogP contribution >= 0.6 is 0 Å². The molecule has 1 aromatic carbocycles.